The zero-order chi connectivity index (χ0) is 27.4. The molecule has 5 rings (SSSR count). The molecule has 1 amide bonds. The number of aryl methyl sites for hydroxylation is 1. The minimum Gasteiger partial charge on any atom is -0.383 e. The van der Waals surface area contributed by atoms with E-state index < -0.39 is 6.29 Å². The van der Waals surface area contributed by atoms with Crippen LogP contribution in [0.5, 0.6) is 0 Å². The Hall–Kier alpha value is -3.60. The highest BCUT2D eigenvalue weighted by atomic mass is 16.7. The van der Waals surface area contributed by atoms with E-state index in [4.69, 9.17) is 19.2 Å². The Balaban J connectivity index is 1.44. The molecule has 39 heavy (non-hydrogen) atoms. The largest absolute Gasteiger partial charge is 0.383 e. The second kappa shape index (κ2) is 12.1. The second-order valence-corrected chi connectivity index (χ2v) is 9.81. The molecule has 2 N–H and O–H groups in total. The zero-order valence-corrected chi connectivity index (χ0v) is 22.6. The van der Waals surface area contributed by atoms with E-state index >= 15 is 0 Å². The third-order valence-electron chi connectivity index (χ3n) is 7.04. The monoisotopic (exact) mass is 534 g/mol. The molecule has 0 saturated carbocycles. The molecular formula is C27H34N8O4. The zero-order valence-electron chi connectivity index (χ0n) is 22.6. The molecule has 0 atom stereocenters. The molecule has 0 unspecified atom stereocenters. The number of carbonyl (C=O) groups is 1. The topological polar surface area (TPSA) is 130 Å². The Morgan fingerprint density at radius 3 is 2.69 bits per heavy atom. The molecule has 2 fully saturated rings. The molecule has 2 saturated heterocycles. The van der Waals surface area contributed by atoms with Gasteiger partial charge in [-0.1, -0.05) is 0 Å². The molecule has 2 aliphatic rings. The highest BCUT2D eigenvalue weighted by Gasteiger charge is 2.27. The minimum atomic E-state index is -0.561. The fourth-order valence-corrected chi connectivity index (χ4v) is 4.84. The number of aromatic nitrogens is 3. The van der Waals surface area contributed by atoms with Gasteiger partial charge >= 0.3 is 0 Å². The molecule has 3 aromatic heterocycles. The number of rotatable bonds is 9. The number of methoxy groups -OCH3 is 1. The summed E-state index contributed by atoms with van der Waals surface area (Å²) >= 11 is 0. The van der Waals surface area contributed by atoms with Crippen LogP contribution >= 0.6 is 0 Å². The molecule has 12 nitrogen and oxygen atoms in total. The van der Waals surface area contributed by atoms with Crippen molar-refractivity contribution in [3.8, 4) is 6.07 Å². The molecule has 206 valence electrons. The van der Waals surface area contributed by atoms with E-state index in [9.17, 15) is 10.1 Å². The number of anilines is 2. The summed E-state index contributed by atoms with van der Waals surface area (Å²) in [5.74, 6) is -0.0236. The first-order valence-corrected chi connectivity index (χ1v) is 13.0. The quantitative estimate of drug-likeness (QED) is 0.393. The summed E-state index contributed by atoms with van der Waals surface area (Å²) in [6.45, 7) is 6.71. The first kappa shape index (κ1) is 27.0. The lowest BCUT2D eigenvalue weighted by atomic mass is 10.1. The highest BCUT2D eigenvalue weighted by molar-refractivity contribution is 6.11. The Kier molecular flexibility index (Phi) is 8.35. The third kappa shape index (κ3) is 6.03. The molecule has 0 radical (unpaired) electrons. The van der Waals surface area contributed by atoms with Gasteiger partial charge in [0.25, 0.3) is 5.91 Å². The van der Waals surface area contributed by atoms with Crippen LogP contribution in [0, 0.1) is 11.3 Å². The summed E-state index contributed by atoms with van der Waals surface area (Å²) in [5.41, 5.74) is 4.53. The van der Waals surface area contributed by atoms with E-state index in [0.717, 1.165) is 43.8 Å². The lowest BCUT2D eigenvalue weighted by Crippen LogP contribution is -2.44. The van der Waals surface area contributed by atoms with Crippen LogP contribution in [-0.2, 0) is 27.8 Å². The van der Waals surface area contributed by atoms with Gasteiger partial charge < -0.3 is 34.3 Å². The number of ether oxygens (including phenoxy) is 3. The predicted molar refractivity (Wildman–Crippen MR) is 145 cm³/mol. The number of pyridine rings is 2. The van der Waals surface area contributed by atoms with Crippen molar-refractivity contribution in [2.45, 2.75) is 12.8 Å². The van der Waals surface area contributed by atoms with Crippen molar-refractivity contribution >= 4 is 28.4 Å². The van der Waals surface area contributed by atoms with Crippen LogP contribution in [0.3, 0.4) is 0 Å². The standard InChI is InChI=1S/C27H34N8O4/c1-33-5-7-35(8-6-33)16-18-12-22-25(32-24(18)27-38-10-11-39-27)20(17-34(22)2)26(36)31-23-13-21(29-4-9-37-3)19(14-28)15-30-23/h12-13,15,17,27H,4-11,16H2,1-3H3,(H2,29,30,31,36). The maximum Gasteiger partial charge on any atom is 0.260 e. The summed E-state index contributed by atoms with van der Waals surface area (Å²) in [6.07, 6.45) is 2.64. The molecule has 0 spiro atoms. The Bertz CT molecular complexity index is 1370. The van der Waals surface area contributed by atoms with E-state index in [-0.39, 0.29) is 5.91 Å². The molecule has 0 aromatic carbocycles. The van der Waals surface area contributed by atoms with Gasteiger partial charge in [0.1, 0.15) is 23.1 Å². The van der Waals surface area contributed by atoms with Crippen LogP contribution in [0.4, 0.5) is 11.5 Å². The first-order chi connectivity index (χ1) is 19.0. The summed E-state index contributed by atoms with van der Waals surface area (Å²) in [7, 11) is 5.65. The summed E-state index contributed by atoms with van der Waals surface area (Å²) < 4.78 is 18.7. The second-order valence-electron chi connectivity index (χ2n) is 9.81. The Morgan fingerprint density at radius 2 is 1.97 bits per heavy atom. The smallest absolute Gasteiger partial charge is 0.260 e. The van der Waals surface area contributed by atoms with Crippen LogP contribution in [0.25, 0.3) is 11.0 Å². The van der Waals surface area contributed by atoms with Crippen LogP contribution in [0.15, 0.2) is 24.5 Å². The Morgan fingerprint density at radius 1 is 1.21 bits per heavy atom. The van der Waals surface area contributed by atoms with Crippen molar-refractivity contribution in [1.82, 2.24) is 24.3 Å². The van der Waals surface area contributed by atoms with Gasteiger partial charge in [-0.05, 0) is 18.7 Å². The molecular weight excluding hydrogens is 500 g/mol. The van der Waals surface area contributed by atoms with E-state index in [1.807, 2.05) is 11.6 Å². The average molecular weight is 535 g/mol. The molecule has 5 heterocycles. The van der Waals surface area contributed by atoms with Crippen molar-refractivity contribution < 1.29 is 19.0 Å². The third-order valence-corrected chi connectivity index (χ3v) is 7.04. The van der Waals surface area contributed by atoms with Gasteiger partial charge in [-0.15, -0.1) is 0 Å². The van der Waals surface area contributed by atoms with Gasteiger partial charge in [0.15, 0.2) is 0 Å². The fourth-order valence-electron chi connectivity index (χ4n) is 4.84. The van der Waals surface area contributed by atoms with Crippen molar-refractivity contribution in [3.05, 3.63) is 46.9 Å². The number of piperazine rings is 1. The van der Waals surface area contributed by atoms with Crippen LogP contribution < -0.4 is 10.6 Å². The van der Waals surface area contributed by atoms with E-state index in [1.54, 1.807) is 19.4 Å². The molecule has 0 bridgehead atoms. The SMILES string of the molecule is COCCNc1cc(NC(=O)c2cn(C)c3cc(CN4CCN(C)CC4)c(C4OCCO4)nc23)ncc1C#N. The molecule has 3 aromatic rings. The van der Waals surface area contributed by atoms with Gasteiger partial charge in [-0.3, -0.25) is 9.69 Å². The predicted octanol–water partition coefficient (Wildman–Crippen LogP) is 1.94. The van der Waals surface area contributed by atoms with Gasteiger partial charge in [0, 0.05) is 71.9 Å². The van der Waals surface area contributed by atoms with Crippen LogP contribution in [-0.4, -0.2) is 96.9 Å². The Labute approximate surface area is 227 Å². The molecule has 0 aliphatic carbocycles. The number of likely N-dealkylation sites (N-methyl/N-ethyl adjacent to an activating group) is 1. The maximum absolute atomic E-state index is 13.4. The lowest BCUT2D eigenvalue weighted by molar-refractivity contribution is -0.0481. The minimum absolute atomic E-state index is 0.324. The number of nitrogens with one attached hydrogen (secondary N) is 2. The molecule has 2 aliphatic heterocycles. The van der Waals surface area contributed by atoms with E-state index in [0.29, 0.717) is 60.2 Å². The summed E-state index contributed by atoms with van der Waals surface area (Å²) in [6, 6.07) is 5.85. The number of amides is 1. The number of nitrogens with zero attached hydrogens (tertiary/aromatic N) is 6. The number of carbonyl (C=O) groups excluding carboxylic acids is 1. The van der Waals surface area contributed by atoms with Crippen molar-refractivity contribution in [1.29, 1.82) is 5.26 Å². The van der Waals surface area contributed by atoms with E-state index in [1.165, 1.54) is 6.20 Å². The summed E-state index contributed by atoms with van der Waals surface area (Å²) in [4.78, 5) is 27.4. The number of fused-ring (bicyclic) bond motifs is 1. The molecule has 12 heteroatoms. The lowest BCUT2D eigenvalue weighted by Gasteiger charge is -2.32. The normalized spacial score (nSPS) is 17.0. The van der Waals surface area contributed by atoms with Gasteiger partial charge in [-0.25, -0.2) is 9.97 Å². The van der Waals surface area contributed by atoms with Crippen molar-refractivity contribution in [3.63, 3.8) is 0 Å². The first-order valence-electron chi connectivity index (χ1n) is 13.0. The average Bonchev–Trinajstić information content (AvgIpc) is 3.58. The fraction of sp³-hybridized carbons (Fsp3) is 0.481. The highest BCUT2D eigenvalue weighted by Crippen LogP contribution is 2.31. The van der Waals surface area contributed by atoms with Crippen molar-refractivity contribution in [2.75, 3.05) is 77.3 Å². The van der Waals surface area contributed by atoms with E-state index in [2.05, 4.69) is 44.6 Å². The number of hydrogen-bond donors (Lipinski definition) is 2. The maximum atomic E-state index is 13.4. The van der Waals surface area contributed by atoms with Crippen molar-refractivity contribution in [2.24, 2.45) is 7.05 Å². The number of hydrogen-bond acceptors (Lipinski definition) is 10. The van der Waals surface area contributed by atoms with Gasteiger partial charge in [0.05, 0.1) is 42.2 Å². The van der Waals surface area contributed by atoms with Gasteiger partial charge in [0.2, 0.25) is 6.29 Å². The van der Waals surface area contributed by atoms with Crippen LogP contribution in [0.1, 0.15) is 33.5 Å². The van der Waals surface area contributed by atoms with Gasteiger partial charge in [-0.2, -0.15) is 5.26 Å². The summed E-state index contributed by atoms with van der Waals surface area (Å²) in [5, 5.41) is 15.4. The number of nitriles is 1. The van der Waals surface area contributed by atoms with Crippen LogP contribution in [0.2, 0.25) is 0 Å².